The van der Waals surface area contributed by atoms with Crippen molar-refractivity contribution in [3.63, 3.8) is 0 Å². The predicted molar refractivity (Wildman–Crippen MR) is 69.8 cm³/mol. The van der Waals surface area contributed by atoms with Crippen molar-refractivity contribution in [2.24, 2.45) is 5.73 Å². The first-order chi connectivity index (χ1) is 6.50. The van der Waals surface area contributed by atoms with E-state index in [4.69, 9.17) is 17.3 Å². The maximum atomic E-state index is 6.02. The van der Waals surface area contributed by atoms with Gasteiger partial charge in [0.05, 0.1) is 0 Å². The van der Waals surface area contributed by atoms with E-state index in [1.54, 1.807) is 0 Å². The number of benzene rings is 1. The Morgan fingerprint density at radius 3 is 2.60 bits per heavy atom. The van der Waals surface area contributed by atoms with Crippen LogP contribution in [0.15, 0.2) is 30.4 Å². The van der Waals surface area contributed by atoms with Crippen LogP contribution in [0.5, 0.6) is 0 Å². The van der Waals surface area contributed by atoms with Gasteiger partial charge in [-0.15, -0.1) is 19.0 Å². The summed E-state index contributed by atoms with van der Waals surface area (Å²) in [4.78, 5) is 0. The summed E-state index contributed by atoms with van der Waals surface area (Å²) in [5.74, 6) is 0. The van der Waals surface area contributed by atoms with Crippen LogP contribution in [-0.2, 0) is 0 Å². The van der Waals surface area contributed by atoms with Gasteiger partial charge in [-0.05, 0) is 37.5 Å². The molecule has 1 aromatic rings. The Balaban J connectivity index is 0.00000196. The summed E-state index contributed by atoms with van der Waals surface area (Å²) in [6.45, 7) is 7.81. The molecule has 15 heavy (non-hydrogen) atoms. The molecule has 0 amide bonds. The molecule has 0 aliphatic heterocycles. The van der Waals surface area contributed by atoms with Crippen molar-refractivity contribution in [2.75, 3.05) is 0 Å². The van der Waals surface area contributed by atoms with Crippen LogP contribution in [0.2, 0.25) is 5.02 Å². The van der Waals surface area contributed by atoms with Crippen LogP contribution >= 0.6 is 24.0 Å². The first-order valence-electron chi connectivity index (χ1n) is 4.66. The summed E-state index contributed by atoms with van der Waals surface area (Å²) < 4.78 is 0. The van der Waals surface area contributed by atoms with Gasteiger partial charge in [0.15, 0.2) is 0 Å². The smallest absolute Gasteiger partial charge is 0.0438 e. The van der Waals surface area contributed by atoms with E-state index in [2.05, 4.69) is 6.58 Å². The average molecular weight is 246 g/mol. The lowest BCUT2D eigenvalue weighted by Crippen LogP contribution is -2.10. The average Bonchev–Trinajstić information content (AvgIpc) is 2.08. The molecule has 1 atom stereocenters. The minimum Gasteiger partial charge on any atom is -0.324 e. The highest BCUT2D eigenvalue weighted by atomic mass is 35.5. The van der Waals surface area contributed by atoms with Crippen LogP contribution in [0.4, 0.5) is 0 Å². The predicted octanol–water partition coefficient (Wildman–Crippen LogP) is 4.04. The monoisotopic (exact) mass is 245 g/mol. The van der Waals surface area contributed by atoms with E-state index in [1.807, 2.05) is 32.0 Å². The third-order valence-electron chi connectivity index (χ3n) is 2.19. The van der Waals surface area contributed by atoms with Gasteiger partial charge in [0.2, 0.25) is 0 Å². The highest BCUT2D eigenvalue weighted by Gasteiger charge is 2.07. The Bertz CT molecular complexity index is 347. The summed E-state index contributed by atoms with van der Waals surface area (Å²) in [5, 5.41) is 0.777. The van der Waals surface area contributed by atoms with Gasteiger partial charge >= 0.3 is 0 Å². The first-order valence-corrected chi connectivity index (χ1v) is 5.04. The fourth-order valence-electron chi connectivity index (χ4n) is 1.33. The molecule has 2 N–H and O–H groups in total. The van der Waals surface area contributed by atoms with Gasteiger partial charge in [-0.3, -0.25) is 0 Å². The van der Waals surface area contributed by atoms with Crippen molar-refractivity contribution in [3.8, 4) is 0 Å². The lowest BCUT2D eigenvalue weighted by molar-refractivity contribution is 0.717. The highest BCUT2D eigenvalue weighted by Crippen LogP contribution is 2.23. The summed E-state index contributed by atoms with van der Waals surface area (Å²) in [6.07, 6.45) is 0.805. The number of hydrogen-bond acceptors (Lipinski definition) is 1. The quantitative estimate of drug-likeness (QED) is 0.800. The van der Waals surface area contributed by atoms with Crippen LogP contribution in [0, 0.1) is 6.92 Å². The van der Waals surface area contributed by atoms with Crippen LogP contribution in [0.3, 0.4) is 0 Å². The second kappa shape index (κ2) is 6.16. The molecule has 0 heterocycles. The minimum absolute atomic E-state index is 0. The summed E-state index contributed by atoms with van der Waals surface area (Å²) in [5.41, 5.74) is 9.24. The van der Waals surface area contributed by atoms with Gasteiger partial charge in [0.1, 0.15) is 0 Å². The molecule has 0 aromatic heterocycles. The lowest BCUT2D eigenvalue weighted by Gasteiger charge is -2.12. The molecule has 0 saturated carbocycles. The standard InChI is InChI=1S/C12H16ClN.ClH/c1-8(2)6-12(14)10-5-4-9(3)11(13)7-10;/h4-5,7,12H,1,6,14H2,2-3H3;1H/t12-;/m0./s1. The highest BCUT2D eigenvalue weighted by molar-refractivity contribution is 6.31. The molecular weight excluding hydrogens is 229 g/mol. The minimum atomic E-state index is 0. The maximum Gasteiger partial charge on any atom is 0.0438 e. The third-order valence-corrected chi connectivity index (χ3v) is 2.60. The van der Waals surface area contributed by atoms with Crippen molar-refractivity contribution >= 4 is 24.0 Å². The number of rotatable bonds is 3. The van der Waals surface area contributed by atoms with Gasteiger partial charge < -0.3 is 5.73 Å². The second-order valence-corrected chi connectivity index (χ2v) is 4.18. The van der Waals surface area contributed by atoms with Gasteiger partial charge in [-0.25, -0.2) is 0 Å². The van der Waals surface area contributed by atoms with Crippen LogP contribution in [-0.4, -0.2) is 0 Å². The fourth-order valence-corrected chi connectivity index (χ4v) is 1.52. The Morgan fingerprint density at radius 1 is 1.53 bits per heavy atom. The van der Waals surface area contributed by atoms with E-state index in [0.717, 1.165) is 28.1 Å². The zero-order valence-electron chi connectivity index (χ0n) is 9.09. The van der Waals surface area contributed by atoms with E-state index < -0.39 is 0 Å². The van der Waals surface area contributed by atoms with E-state index >= 15 is 0 Å². The topological polar surface area (TPSA) is 26.0 Å². The second-order valence-electron chi connectivity index (χ2n) is 3.78. The summed E-state index contributed by atoms with van der Waals surface area (Å²) >= 11 is 6.02. The molecule has 0 aliphatic rings. The molecule has 0 unspecified atom stereocenters. The Kier molecular flexibility index (Phi) is 5.96. The molecule has 1 nitrogen and oxygen atoms in total. The Hall–Kier alpha value is -0.500. The summed E-state index contributed by atoms with van der Waals surface area (Å²) in [6, 6.07) is 5.96. The number of nitrogens with two attached hydrogens (primary N) is 1. The maximum absolute atomic E-state index is 6.02. The van der Waals surface area contributed by atoms with Crippen molar-refractivity contribution in [3.05, 3.63) is 46.5 Å². The van der Waals surface area contributed by atoms with Gasteiger partial charge in [0.25, 0.3) is 0 Å². The Labute approximate surface area is 103 Å². The van der Waals surface area contributed by atoms with Gasteiger partial charge in [0, 0.05) is 11.1 Å². The van der Waals surface area contributed by atoms with Crippen molar-refractivity contribution in [1.29, 1.82) is 0 Å². The SMILES string of the molecule is C=C(C)C[C@H](N)c1ccc(C)c(Cl)c1.Cl. The molecule has 3 heteroatoms. The summed E-state index contributed by atoms with van der Waals surface area (Å²) in [7, 11) is 0. The molecule has 0 bridgehead atoms. The largest absolute Gasteiger partial charge is 0.324 e. The van der Waals surface area contributed by atoms with Crippen molar-refractivity contribution in [1.82, 2.24) is 0 Å². The molecule has 0 radical (unpaired) electrons. The molecule has 1 rings (SSSR count). The van der Waals surface area contributed by atoms with Crippen LogP contribution in [0.1, 0.15) is 30.5 Å². The van der Waals surface area contributed by atoms with Crippen molar-refractivity contribution < 1.29 is 0 Å². The zero-order valence-corrected chi connectivity index (χ0v) is 10.7. The molecular formula is C12H17Cl2N. The van der Waals surface area contributed by atoms with E-state index in [9.17, 15) is 0 Å². The molecule has 0 fully saturated rings. The molecule has 0 spiro atoms. The van der Waals surface area contributed by atoms with Crippen molar-refractivity contribution in [2.45, 2.75) is 26.3 Å². The first kappa shape index (κ1) is 14.5. The third kappa shape index (κ3) is 4.25. The van der Waals surface area contributed by atoms with Gasteiger partial charge in [-0.1, -0.05) is 29.3 Å². The normalized spacial score (nSPS) is 11.7. The van der Waals surface area contributed by atoms with E-state index in [0.29, 0.717) is 0 Å². The van der Waals surface area contributed by atoms with Crippen LogP contribution in [0.25, 0.3) is 0 Å². The van der Waals surface area contributed by atoms with Crippen LogP contribution < -0.4 is 5.73 Å². The number of hydrogen-bond donors (Lipinski definition) is 1. The molecule has 1 aromatic carbocycles. The fraction of sp³-hybridized carbons (Fsp3) is 0.333. The molecule has 0 aliphatic carbocycles. The van der Waals surface area contributed by atoms with Gasteiger partial charge in [-0.2, -0.15) is 0 Å². The molecule has 0 saturated heterocycles. The van der Waals surface area contributed by atoms with E-state index in [1.165, 1.54) is 0 Å². The Morgan fingerprint density at radius 2 is 2.13 bits per heavy atom. The number of aryl methyl sites for hydroxylation is 1. The molecule has 84 valence electrons. The lowest BCUT2D eigenvalue weighted by atomic mass is 10.0. The number of halogens is 2. The van der Waals surface area contributed by atoms with E-state index in [-0.39, 0.29) is 18.4 Å². The zero-order chi connectivity index (χ0) is 10.7.